The Kier molecular flexibility index (Phi) is 3.73. The fourth-order valence-corrected chi connectivity index (χ4v) is 2.70. The molecular weight excluding hydrogens is 298 g/mol. The third-order valence-corrected chi connectivity index (χ3v) is 4.04. The number of nitrogens with zero attached hydrogens (tertiary/aromatic N) is 4. The van der Waals surface area contributed by atoms with Crippen LogP contribution in [-0.4, -0.2) is 45.3 Å². The molecule has 0 atom stereocenters. The fourth-order valence-electron chi connectivity index (χ4n) is 2.70. The van der Waals surface area contributed by atoms with E-state index in [1.165, 1.54) is 24.2 Å². The number of fused-ring (bicyclic) bond motifs is 1. The normalized spacial score (nSPS) is 13.6. The number of aromatic nitrogens is 3. The van der Waals surface area contributed by atoms with Crippen molar-refractivity contribution in [2.75, 3.05) is 19.4 Å². The number of hydrogen-bond acceptors (Lipinski definition) is 6. The standard InChI is InChI=1S/C15H17N5O3/c1-9-13(16)7-18-20(9)14(21)12-6-17-5-10-8-19(15(22)23-2)4-3-11(10)12/h5-7H,3-4,8,16H2,1-2H3. The van der Waals surface area contributed by atoms with Gasteiger partial charge in [-0.25, -0.2) is 4.79 Å². The van der Waals surface area contributed by atoms with Crippen LogP contribution in [0.4, 0.5) is 10.5 Å². The van der Waals surface area contributed by atoms with Crippen LogP contribution in [-0.2, 0) is 17.7 Å². The highest BCUT2D eigenvalue weighted by atomic mass is 16.5. The van der Waals surface area contributed by atoms with E-state index in [-0.39, 0.29) is 12.0 Å². The summed E-state index contributed by atoms with van der Waals surface area (Å²) in [4.78, 5) is 30.1. The van der Waals surface area contributed by atoms with Crippen LogP contribution in [0, 0.1) is 6.92 Å². The van der Waals surface area contributed by atoms with Crippen LogP contribution in [0.1, 0.15) is 27.2 Å². The number of carbonyl (C=O) groups is 2. The van der Waals surface area contributed by atoms with Crippen molar-refractivity contribution in [3.63, 3.8) is 0 Å². The lowest BCUT2D eigenvalue weighted by atomic mass is 9.97. The maximum absolute atomic E-state index is 12.7. The molecule has 1 aliphatic rings. The van der Waals surface area contributed by atoms with Crippen LogP contribution < -0.4 is 5.73 Å². The summed E-state index contributed by atoms with van der Waals surface area (Å²) >= 11 is 0. The number of anilines is 1. The maximum Gasteiger partial charge on any atom is 0.409 e. The maximum atomic E-state index is 12.7. The van der Waals surface area contributed by atoms with E-state index in [4.69, 9.17) is 10.5 Å². The average molecular weight is 315 g/mol. The van der Waals surface area contributed by atoms with Gasteiger partial charge < -0.3 is 15.4 Å². The van der Waals surface area contributed by atoms with E-state index in [1.54, 1.807) is 18.0 Å². The zero-order valence-corrected chi connectivity index (χ0v) is 12.9. The highest BCUT2D eigenvalue weighted by Crippen LogP contribution is 2.23. The molecule has 120 valence electrons. The Bertz CT molecular complexity index is 783. The molecule has 2 aromatic rings. The van der Waals surface area contributed by atoms with Crippen LogP contribution >= 0.6 is 0 Å². The Morgan fingerprint density at radius 1 is 1.30 bits per heavy atom. The molecule has 0 unspecified atom stereocenters. The van der Waals surface area contributed by atoms with E-state index < -0.39 is 0 Å². The number of carbonyl (C=O) groups excluding carboxylic acids is 2. The van der Waals surface area contributed by atoms with Gasteiger partial charge in [0, 0.05) is 18.9 Å². The van der Waals surface area contributed by atoms with Crippen molar-refractivity contribution in [1.29, 1.82) is 0 Å². The van der Waals surface area contributed by atoms with Crippen LogP contribution in [0.2, 0.25) is 0 Å². The first-order valence-electron chi connectivity index (χ1n) is 7.16. The van der Waals surface area contributed by atoms with Crippen molar-refractivity contribution in [1.82, 2.24) is 19.7 Å². The summed E-state index contributed by atoms with van der Waals surface area (Å²) in [6.45, 7) is 2.60. The molecule has 0 radical (unpaired) electrons. The minimum atomic E-state index is -0.386. The largest absolute Gasteiger partial charge is 0.453 e. The van der Waals surface area contributed by atoms with Gasteiger partial charge in [-0.05, 0) is 24.5 Å². The summed E-state index contributed by atoms with van der Waals surface area (Å²) in [5.74, 6) is -0.268. The number of hydrogen-bond donors (Lipinski definition) is 1. The van der Waals surface area contributed by atoms with E-state index in [1.807, 2.05) is 0 Å². The second-order valence-corrected chi connectivity index (χ2v) is 5.37. The minimum Gasteiger partial charge on any atom is -0.453 e. The molecule has 0 aliphatic carbocycles. The number of nitrogens with two attached hydrogens (primary N) is 1. The summed E-state index contributed by atoms with van der Waals surface area (Å²) in [5.41, 5.74) is 9.02. The van der Waals surface area contributed by atoms with Gasteiger partial charge in [0.25, 0.3) is 5.91 Å². The number of pyridine rings is 1. The van der Waals surface area contributed by atoms with Gasteiger partial charge in [-0.1, -0.05) is 0 Å². The van der Waals surface area contributed by atoms with Crippen LogP contribution in [0.5, 0.6) is 0 Å². The van der Waals surface area contributed by atoms with Gasteiger partial charge in [0.1, 0.15) is 0 Å². The number of rotatable bonds is 1. The molecule has 8 nitrogen and oxygen atoms in total. The molecule has 2 aromatic heterocycles. The number of amides is 1. The minimum absolute atomic E-state index is 0.268. The second-order valence-electron chi connectivity index (χ2n) is 5.37. The van der Waals surface area contributed by atoms with E-state index in [2.05, 4.69) is 10.1 Å². The lowest BCUT2D eigenvalue weighted by Crippen LogP contribution is -2.36. The molecule has 0 saturated heterocycles. The smallest absolute Gasteiger partial charge is 0.409 e. The van der Waals surface area contributed by atoms with Crippen molar-refractivity contribution in [2.24, 2.45) is 0 Å². The predicted molar refractivity (Wildman–Crippen MR) is 81.9 cm³/mol. The van der Waals surface area contributed by atoms with Crippen LogP contribution in [0.15, 0.2) is 18.6 Å². The summed E-state index contributed by atoms with van der Waals surface area (Å²) in [5, 5.41) is 4.03. The SMILES string of the molecule is COC(=O)N1CCc2c(cncc2C(=O)n2ncc(N)c2C)C1. The van der Waals surface area contributed by atoms with E-state index >= 15 is 0 Å². The molecule has 2 N–H and O–H groups in total. The molecule has 1 amide bonds. The first-order chi connectivity index (χ1) is 11.0. The van der Waals surface area contributed by atoms with Crippen LogP contribution in [0.25, 0.3) is 0 Å². The Morgan fingerprint density at radius 2 is 2.09 bits per heavy atom. The number of ether oxygens (including phenoxy) is 1. The van der Waals surface area contributed by atoms with Crippen molar-refractivity contribution in [3.8, 4) is 0 Å². The topological polar surface area (TPSA) is 103 Å². The van der Waals surface area contributed by atoms with Crippen LogP contribution in [0.3, 0.4) is 0 Å². The third kappa shape index (κ3) is 2.52. The molecule has 1 aliphatic heterocycles. The molecule has 3 heterocycles. The zero-order valence-electron chi connectivity index (χ0n) is 12.9. The first kappa shape index (κ1) is 15.0. The summed E-state index contributed by atoms with van der Waals surface area (Å²) < 4.78 is 6.02. The Balaban J connectivity index is 1.96. The molecule has 3 rings (SSSR count). The molecule has 0 saturated carbocycles. The summed E-state index contributed by atoms with van der Waals surface area (Å²) in [7, 11) is 1.35. The molecule has 0 fully saturated rings. The van der Waals surface area contributed by atoms with E-state index in [9.17, 15) is 9.59 Å². The van der Waals surface area contributed by atoms with E-state index in [0.717, 1.165) is 11.1 Å². The first-order valence-corrected chi connectivity index (χ1v) is 7.16. The Hall–Kier alpha value is -2.90. The molecule has 23 heavy (non-hydrogen) atoms. The monoisotopic (exact) mass is 315 g/mol. The third-order valence-electron chi connectivity index (χ3n) is 4.04. The van der Waals surface area contributed by atoms with Gasteiger partial charge in [-0.3, -0.25) is 9.78 Å². The zero-order chi connectivity index (χ0) is 16.6. The average Bonchev–Trinajstić information content (AvgIpc) is 2.91. The lowest BCUT2D eigenvalue weighted by Gasteiger charge is -2.28. The van der Waals surface area contributed by atoms with Gasteiger partial charge >= 0.3 is 6.09 Å². The van der Waals surface area contributed by atoms with E-state index in [0.29, 0.717) is 36.5 Å². The molecule has 0 spiro atoms. The lowest BCUT2D eigenvalue weighted by molar-refractivity contribution is 0.0940. The summed E-state index contributed by atoms with van der Waals surface area (Å²) in [6, 6.07) is 0. The van der Waals surface area contributed by atoms with Crippen molar-refractivity contribution in [2.45, 2.75) is 19.9 Å². The number of methoxy groups -OCH3 is 1. The number of nitrogen functional groups attached to an aromatic ring is 1. The predicted octanol–water partition coefficient (Wildman–Crippen LogP) is 0.982. The second kappa shape index (κ2) is 5.71. The molecule has 0 bridgehead atoms. The van der Waals surface area contributed by atoms with Gasteiger partial charge in [-0.15, -0.1) is 0 Å². The molecule has 0 aromatic carbocycles. The fraction of sp³-hybridized carbons (Fsp3) is 0.333. The highest BCUT2D eigenvalue weighted by molar-refractivity contribution is 5.97. The quantitative estimate of drug-likeness (QED) is 0.841. The summed E-state index contributed by atoms with van der Waals surface area (Å²) in [6.07, 6.45) is 4.83. The molecule has 8 heteroatoms. The molecular formula is C15H17N5O3. The van der Waals surface area contributed by atoms with Gasteiger partial charge in [0.15, 0.2) is 0 Å². The highest BCUT2D eigenvalue weighted by Gasteiger charge is 2.26. The van der Waals surface area contributed by atoms with Crippen molar-refractivity contribution < 1.29 is 14.3 Å². The van der Waals surface area contributed by atoms with Crippen molar-refractivity contribution >= 4 is 17.7 Å². The van der Waals surface area contributed by atoms with Crippen molar-refractivity contribution in [3.05, 3.63) is 41.0 Å². The van der Waals surface area contributed by atoms with Gasteiger partial charge in [0.05, 0.1) is 36.8 Å². The Morgan fingerprint density at radius 3 is 2.74 bits per heavy atom. The van der Waals surface area contributed by atoms with Gasteiger partial charge in [0.2, 0.25) is 0 Å². The van der Waals surface area contributed by atoms with Gasteiger partial charge in [-0.2, -0.15) is 9.78 Å². The Labute approximate surface area is 132 Å².